The van der Waals surface area contributed by atoms with Gasteiger partial charge in [0.25, 0.3) is 0 Å². The van der Waals surface area contributed by atoms with Gasteiger partial charge >= 0.3 is 0 Å². The molecule has 3 aromatic rings. The first-order valence-electron chi connectivity index (χ1n) is 9.60. The van der Waals surface area contributed by atoms with E-state index in [0.29, 0.717) is 30.2 Å². The second-order valence-electron chi connectivity index (χ2n) is 6.70. The molecule has 150 valence electrons. The van der Waals surface area contributed by atoms with Crippen molar-refractivity contribution in [3.63, 3.8) is 0 Å². The molecule has 0 aliphatic rings. The number of rotatable bonds is 10. The number of ether oxygens (including phenoxy) is 2. The quantitative estimate of drug-likeness (QED) is 0.455. The molecule has 0 heterocycles. The maximum Gasteiger partial charge on any atom is 0.127 e. The molecular formula is C24H26N2O3. The van der Waals surface area contributed by atoms with Crippen LogP contribution in [0.15, 0.2) is 78.9 Å². The smallest absolute Gasteiger partial charge is 0.127 e. The molecule has 29 heavy (non-hydrogen) atoms. The monoisotopic (exact) mass is 390 g/mol. The number of nitrogens with two attached hydrogens (primary N) is 1. The average molecular weight is 390 g/mol. The summed E-state index contributed by atoms with van der Waals surface area (Å²) in [7, 11) is 0. The topological polar surface area (TPSA) is 88.6 Å². The summed E-state index contributed by atoms with van der Waals surface area (Å²) in [4.78, 5) is 0. The van der Waals surface area contributed by atoms with Crippen molar-refractivity contribution in [3.8, 4) is 11.5 Å². The molecule has 3 rings (SSSR count). The van der Waals surface area contributed by atoms with Crippen LogP contribution < -0.4 is 15.2 Å². The van der Waals surface area contributed by atoms with Crippen LogP contribution in [0.2, 0.25) is 0 Å². The lowest BCUT2D eigenvalue weighted by molar-refractivity contribution is 0.199. The van der Waals surface area contributed by atoms with Crippen molar-refractivity contribution in [2.75, 3.05) is 13.2 Å². The summed E-state index contributed by atoms with van der Waals surface area (Å²) in [5.41, 5.74) is 9.57. The van der Waals surface area contributed by atoms with E-state index in [-0.39, 0.29) is 13.2 Å². The van der Waals surface area contributed by atoms with Gasteiger partial charge in [0.2, 0.25) is 0 Å². The van der Waals surface area contributed by atoms with Crippen LogP contribution in [0.1, 0.15) is 29.2 Å². The van der Waals surface area contributed by atoms with Crippen LogP contribution in [-0.2, 0) is 6.61 Å². The molecule has 0 saturated heterocycles. The van der Waals surface area contributed by atoms with Crippen molar-refractivity contribution in [1.82, 2.24) is 0 Å². The second-order valence-corrected chi connectivity index (χ2v) is 6.70. The van der Waals surface area contributed by atoms with Crippen LogP contribution in [0.5, 0.6) is 11.5 Å². The molecule has 1 atom stereocenters. The first-order valence-corrected chi connectivity index (χ1v) is 9.60. The Kier molecular flexibility index (Phi) is 7.39. The van der Waals surface area contributed by atoms with Crippen molar-refractivity contribution in [2.24, 2.45) is 5.73 Å². The number of nitrogens with one attached hydrogen (secondary N) is 1. The molecule has 4 N–H and O–H groups in total. The van der Waals surface area contributed by atoms with E-state index < -0.39 is 6.04 Å². The molecule has 1 unspecified atom stereocenters. The summed E-state index contributed by atoms with van der Waals surface area (Å²) in [6.07, 6.45) is 0.379. The molecule has 0 radical (unpaired) electrons. The zero-order chi connectivity index (χ0) is 20.5. The standard InChI is InChI=1S/C24H26N2O3/c25-22(19-9-5-2-6-10-19)16-23(26)21-12-11-20(15-24(21)28-14-13-27)29-17-18-7-3-1-4-8-18/h1-12,15,23,25,27H,13-14,16-17,26H2. The Morgan fingerprint density at radius 2 is 1.62 bits per heavy atom. The fraction of sp³-hybridized carbons (Fsp3) is 0.208. The Bertz CT molecular complexity index is 914. The lowest BCUT2D eigenvalue weighted by atomic mass is 9.97. The van der Waals surface area contributed by atoms with Gasteiger partial charge in [0.05, 0.1) is 6.61 Å². The fourth-order valence-electron chi connectivity index (χ4n) is 3.02. The zero-order valence-corrected chi connectivity index (χ0v) is 16.3. The number of hydrogen-bond acceptors (Lipinski definition) is 5. The van der Waals surface area contributed by atoms with E-state index in [2.05, 4.69) is 0 Å². The van der Waals surface area contributed by atoms with Gasteiger partial charge in [0.1, 0.15) is 24.7 Å². The van der Waals surface area contributed by atoms with Gasteiger partial charge in [-0.25, -0.2) is 0 Å². The summed E-state index contributed by atoms with van der Waals surface area (Å²) in [5, 5.41) is 17.5. The van der Waals surface area contributed by atoms with Crippen LogP contribution in [0.4, 0.5) is 0 Å². The molecular weight excluding hydrogens is 364 g/mol. The highest BCUT2D eigenvalue weighted by atomic mass is 16.5. The first kappa shape index (κ1) is 20.6. The van der Waals surface area contributed by atoms with Crippen LogP contribution in [0.25, 0.3) is 0 Å². The second kappa shape index (κ2) is 10.4. The van der Waals surface area contributed by atoms with E-state index >= 15 is 0 Å². The molecule has 0 bridgehead atoms. The van der Waals surface area contributed by atoms with E-state index in [0.717, 1.165) is 16.7 Å². The molecule has 0 saturated carbocycles. The Morgan fingerprint density at radius 1 is 0.931 bits per heavy atom. The maximum absolute atomic E-state index is 9.15. The largest absolute Gasteiger partial charge is 0.491 e. The Hall–Kier alpha value is -3.15. The van der Waals surface area contributed by atoms with Crippen LogP contribution in [0, 0.1) is 5.41 Å². The molecule has 0 aliphatic carbocycles. The minimum absolute atomic E-state index is 0.0936. The maximum atomic E-state index is 9.15. The molecule has 0 spiro atoms. The van der Waals surface area contributed by atoms with Crippen LogP contribution >= 0.6 is 0 Å². The van der Waals surface area contributed by atoms with Gasteiger partial charge < -0.3 is 25.7 Å². The van der Waals surface area contributed by atoms with E-state index in [1.165, 1.54) is 0 Å². The van der Waals surface area contributed by atoms with E-state index in [4.69, 9.17) is 25.7 Å². The Balaban J connectivity index is 1.73. The van der Waals surface area contributed by atoms with Gasteiger partial charge in [0, 0.05) is 29.8 Å². The molecule has 3 aromatic carbocycles. The predicted molar refractivity (Wildman–Crippen MR) is 115 cm³/mol. The third-order valence-electron chi connectivity index (χ3n) is 4.53. The van der Waals surface area contributed by atoms with Crippen LogP contribution in [0.3, 0.4) is 0 Å². The lowest BCUT2D eigenvalue weighted by Gasteiger charge is -2.19. The molecule has 0 aromatic heterocycles. The molecule has 0 amide bonds. The zero-order valence-electron chi connectivity index (χ0n) is 16.3. The molecule has 5 heteroatoms. The summed E-state index contributed by atoms with van der Waals surface area (Å²) >= 11 is 0. The van der Waals surface area contributed by atoms with Crippen molar-refractivity contribution in [3.05, 3.63) is 95.6 Å². The van der Waals surface area contributed by atoms with Gasteiger partial charge in [-0.15, -0.1) is 0 Å². The summed E-state index contributed by atoms with van der Waals surface area (Å²) in [6.45, 7) is 0.520. The summed E-state index contributed by atoms with van der Waals surface area (Å²) < 4.78 is 11.6. The van der Waals surface area contributed by atoms with Crippen molar-refractivity contribution >= 4 is 5.71 Å². The Labute approximate surface area is 171 Å². The van der Waals surface area contributed by atoms with Crippen molar-refractivity contribution in [1.29, 1.82) is 5.41 Å². The third-order valence-corrected chi connectivity index (χ3v) is 4.53. The van der Waals surface area contributed by atoms with Gasteiger partial charge in [0.15, 0.2) is 0 Å². The SMILES string of the molecule is N=C(CC(N)c1ccc(OCc2ccccc2)cc1OCCO)c1ccccc1. The highest BCUT2D eigenvalue weighted by Crippen LogP contribution is 2.31. The van der Waals surface area contributed by atoms with E-state index in [1.807, 2.05) is 72.8 Å². The minimum Gasteiger partial charge on any atom is -0.491 e. The normalized spacial score (nSPS) is 11.7. The van der Waals surface area contributed by atoms with Crippen molar-refractivity contribution < 1.29 is 14.6 Å². The Morgan fingerprint density at radius 3 is 2.31 bits per heavy atom. The van der Waals surface area contributed by atoms with Crippen LogP contribution in [-0.4, -0.2) is 24.0 Å². The van der Waals surface area contributed by atoms with Gasteiger partial charge in [-0.1, -0.05) is 66.7 Å². The van der Waals surface area contributed by atoms with Gasteiger partial charge in [-0.05, 0) is 17.2 Å². The van der Waals surface area contributed by atoms with Gasteiger partial charge in [-0.3, -0.25) is 0 Å². The molecule has 0 fully saturated rings. The fourth-order valence-corrected chi connectivity index (χ4v) is 3.02. The highest BCUT2D eigenvalue weighted by molar-refractivity contribution is 5.98. The highest BCUT2D eigenvalue weighted by Gasteiger charge is 2.16. The number of aliphatic hydroxyl groups excluding tert-OH is 1. The lowest BCUT2D eigenvalue weighted by Crippen LogP contribution is -2.17. The average Bonchev–Trinajstić information content (AvgIpc) is 2.77. The molecule has 0 aliphatic heterocycles. The van der Waals surface area contributed by atoms with E-state index in [9.17, 15) is 0 Å². The predicted octanol–water partition coefficient (Wildman–Crippen LogP) is 4.09. The first-order chi connectivity index (χ1) is 14.2. The number of benzene rings is 3. The third kappa shape index (κ3) is 5.91. The number of aliphatic hydroxyl groups is 1. The summed E-state index contributed by atoms with van der Waals surface area (Å²) in [5.74, 6) is 1.23. The molecule has 5 nitrogen and oxygen atoms in total. The minimum atomic E-state index is -0.403. The van der Waals surface area contributed by atoms with Gasteiger partial charge in [-0.2, -0.15) is 0 Å². The van der Waals surface area contributed by atoms with Crippen molar-refractivity contribution in [2.45, 2.75) is 19.1 Å². The summed E-state index contributed by atoms with van der Waals surface area (Å²) in [6, 6.07) is 24.6. The van der Waals surface area contributed by atoms with E-state index in [1.54, 1.807) is 6.07 Å². The number of hydrogen-bond donors (Lipinski definition) is 3.